The molecule has 2 rings (SSSR count). The average molecular weight is 310 g/mol. The highest BCUT2D eigenvalue weighted by molar-refractivity contribution is 7.90. The minimum Gasteiger partial charge on any atom is -0.325 e. The van der Waals surface area contributed by atoms with Crippen LogP contribution >= 0.6 is 0 Å². The number of rotatable bonds is 3. The molecule has 1 saturated heterocycles. The Morgan fingerprint density at radius 1 is 1.38 bits per heavy atom. The van der Waals surface area contributed by atoms with Gasteiger partial charge in [0.2, 0.25) is 5.91 Å². The summed E-state index contributed by atoms with van der Waals surface area (Å²) in [5.41, 5.74) is 0.962. The lowest BCUT2D eigenvalue weighted by Crippen LogP contribution is -2.46. The number of carbonyl (C=O) groups is 1. The molecular formula is C15H22N2O3S. The maximum absolute atomic E-state index is 12.5. The number of benzene rings is 1. The quantitative estimate of drug-likeness (QED) is 0.891. The van der Waals surface area contributed by atoms with Crippen LogP contribution in [0, 0.1) is 12.3 Å². The van der Waals surface area contributed by atoms with Crippen molar-refractivity contribution in [1.29, 1.82) is 0 Å². The van der Waals surface area contributed by atoms with Gasteiger partial charge in [-0.3, -0.25) is 4.79 Å². The van der Waals surface area contributed by atoms with Crippen LogP contribution in [0.5, 0.6) is 0 Å². The normalized spacial score (nSPS) is 22.8. The van der Waals surface area contributed by atoms with E-state index in [4.69, 9.17) is 0 Å². The Morgan fingerprint density at radius 2 is 2.10 bits per heavy atom. The van der Waals surface area contributed by atoms with Crippen LogP contribution in [0.15, 0.2) is 23.1 Å². The molecule has 0 aromatic heterocycles. The average Bonchev–Trinajstić information content (AvgIpc) is 2.40. The fourth-order valence-electron chi connectivity index (χ4n) is 2.49. The molecule has 0 spiro atoms. The molecule has 5 nitrogen and oxygen atoms in total. The van der Waals surface area contributed by atoms with Crippen LogP contribution in [0.4, 0.5) is 5.69 Å². The standard InChI is InChI=1S/C15H22N2O3S/c1-11-5-6-12(21(3,19)20)9-13(11)17-14(18)15(2)7-4-8-16-10-15/h5-6,9,16H,4,7-8,10H2,1-3H3,(H,17,18). The van der Waals surface area contributed by atoms with Gasteiger partial charge in [0.1, 0.15) is 0 Å². The van der Waals surface area contributed by atoms with Gasteiger partial charge in [-0.1, -0.05) is 6.07 Å². The van der Waals surface area contributed by atoms with Crippen molar-refractivity contribution in [1.82, 2.24) is 5.32 Å². The van der Waals surface area contributed by atoms with Gasteiger partial charge in [-0.2, -0.15) is 0 Å². The molecule has 1 aromatic carbocycles. The van der Waals surface area contributed by atoms with Gasteiger partial charge >= 0.3 is 0 Å². The molecule has 1 unspecified atom stereocenters. The van der Waals surface area contributed by atoms with Gasteiger partial charge in [0.25, 0.3) is 0 Å². The number of carbonyl (C=O) groups excluding carboxylic acids is 1. The first kappa shape index (κ1) is 16.0. The summed E-state index contributed by atoms with van der Waals surface area (Å²) in [5, 5.41) is 6.13. The summed E-state index contributed by atoms with van der Waals surface area (Å²) in [4.78, 5) is 12.7. The molecule has 1 heterocycles. The third-order valence-corrected chi connectivity index (χ3v) is 5.14. The Morgan fingerprint density at radius 3 is 2.67 bits per heavy atom. The number of hydrogen-bond donors (Lipinski definition) is 2. The van der Waals surface area contributed by atoms with E-state index < -0.39 is 15.3 Å². The molecule has 1 aromatic rings. The number of anilines is 1. The molecule has 21 heavy (non-hydrogen) atoms. The number of aryl methyl sites for hydroxylation is 1. The van der Waals surface area contributed by atoms with Crippen molar-refractivity contribution in [3.63, 3.8) is 0 Å². The van der Waals surface area contributed by atoms with E-state index in [1.807, 2.05) is 13.8 Å². The summed E-state index contributed by atoms with van der Waals surface area (Å²) in [6, 6.07) is 4.81. The van der Waals surface area contributed by atoms with E-state index >= 15 is 0 Å². The van der Waals surface area contributed by atoms with E-state index in [2.05, 4.69) is 10.6 Å². The van der Waals surface area contributed by atoms with Gasteiger partial charge in [0, 0.05) is 18.5 Å². The minimum atomic E-state index is -3.28. The topological polar surface area (TPSA) is 75.3 Å². The van der Waals surface area contributed by atoms with Crippen molar-refractivity contribution in [2.24, 2.45) is 5.41 Å². The van der Waals surface area contributed by atoms with Crippen molar-refractivity contribution < 1.29 is 13.2 Å². The van der Waals surface area contributed by atoms with Crippen molar-refractivity contribution >= 4 is 21.4 Å². The minimum absolute atomic E-state index is 0.0662. The lowest BCUT2D eigenvalue weighted by atomic mass is 9.82. The maximum atomic E-state index is 12.5. The lowest BCUT2D eigenvalue weighted by molar-refractivity contribution is -0.125. The van der Waals surface area contributed by atoms with Crippen LogP contribution in [0.2, 0.25) is 0 Å². The molecule has 1 fully saturated rings. The molecule has 0 radical (unpaired) electrons. The molecule has 1 aliphatic rings. The number of sulfone groups is 1. The molecule has 1 amide bonds. The van der Waals surface area contributed by atoms with Crippen molar-refractivity contribution in [3.05, 3.63) is 23.8 Å². The largest absolute Gasteiger partial charge is 0.325 e. The van der Waals surface area contributed by atoms with Crippen LogP contribution in [0.25, 0.3) is 0 Å². The Labute approximate surface area is 126 Å². The van der Waals surface area contributed by atoms with Gasteiger partial charge in [-0.05, 0) is 50.9 Å². The Bertz CT molecular complexity index is 647. The summed E-state index contributed by atoms with van der Waals surface area (Å²) >= 11 is 0. The van der Waals surface area contributed by atoms with Gasteiger partial charge in [0.05, 0.1) is 10.3 Å². The van der Waals surface area contributed by atoms with Crippen molar-refractivity contribution in [2.45, 2.75) is 31.6 Å². The van der Waals surface area contributed by atoms with Crippen molar-refractivity contribution in [2.75, 3.05) is 24.7 Å². The summed E-state index contributed by atoms with van der Waals surface area (Å²) in [6.45, 7) is 5.36. The van der Waals surface area contributed by atoms with E-state index in [9.17, 15) is 13.2 Å². The Hall–Kier alpha value is -1.40. The highest BCUT2D eigenvalue weighted by Crippen LogP contribution is 2.28. The predicted molar refractivity (Wildman–Crippen MR) is 83.1 cm³/mol. The molecule has 116 valence electrons. The van der Waals surface area contributed by atoms with E-state index in [1.165, 1.54) is 6.07 Å². The maximum Gasteiger partial charge on any atom is 0.231 e. The molecule has 1 atom stereocenters. The second-order valence-electron chi connectivity index (χ2n) is 6.04. The van der Waals surface area contributed by atoms with E-state index in [0.29, 0.717) is 12.2 Å². The summed E-state index contributed by atoms with van der Waals surface area (Å²) in [6.07, 6.45) is 2.96. The fraction of sp³-hybridized carbons (Fsp3) is 0.533. The highest BCUT2D eigenvalue weighted by atomic mass is 32.2. The fourth-order valence-corrected chi connectivity index (χ4v) is 3.14. The van der Waals surface area contributed by atoms with E-state index in [1.54, 1.807) is 12.1 Å². The summed E-state index contributed by atoms with van der Waals surface area (Å²) < 4.78 is 23.2. The first-order valence-electron chi connectivity index (χ1n) is 7.05. The molecule has 0 saturated carbocycles. The second kappa shape index (κ2) is 5.77. The summed E-state index contributed by atoms with van der Waals surface area (Å²) in [5.74, 6) is -0.0662. The Balaban J connectivity index is 2.24. The lowest BCUT2D eigenvalue weighted by Gasteiger charge is -2.32. The zero-order chi connectivity index (χ0) is 15.7. The van der Waals surface area contributed by atoms with Crippen LogP contribution in [-0.2, 0) is 14.6 Å². The van der Waals surface area contributed by atoms with Crippen molar-refractivity contribution in [3.8, 4) is 0 Å². The second-order valence-corrected chi connectivity index (χ2v) is 8.06. The monoisotopic (exact) mass is 310 g/mol. The molecule has 0 aliphatic carbocycles. The van der Waals surface area contributed by atoms with Gasteiger partial charge in [-0.15, -0.1) is 0 Å². The summed E-state index contributed by atoms with van der Waals surface area (Å²) in [7, 11) is -3.28. The van der Waals surface area contributed by atoms with Crippen LogP contribution in [-0.4, -0.2) is 33.7 Å². The molecule has 1 aliphatic heterocycles. The predicted octanol–water partition coefficient (Wildman–Crippen LogP) is 1.73. The highest BCUT2D eigenvalue weighted by Gasteiger charge is 2.34. The van der Waals surface area contributed by atoms with Crippen LogP contribution < -0.4 is 10.6 Å². The molecule has 0 bridgehead atoms. The first-order valence-corrected chi connectivity index (χ1v) is 8.94. The molecule has 6 heteroatoms. The number of piperidine rings is 1. The first-order chi connectivity index (χ1) is 9.72. The zero-order valence-corrected chi connectivity index (χ0v) is 13.5. The van der Waals surface area contributed by atoms with Gasteiger partial charge in [-0.25, -0.2) is 8.42 Å². The van der Waals surface area contributed by atoms with Gasteiger partial charge < -0.3 is 10.6 Å². The Kier molecular flexibility index (Phi) is 4.39. The SMILES string of the molecule is Cc1ccc(S(C)(=O)=O)cc1NC(=O)C1(C)CCCNC1. The molecular weight excluding hydrogens is 288 g/mol. The van der Waals surface area contributed by atoms with Crippen LogP contribution in [0.1, 0.15) is 25.3 Å². The van der Waals surface area contributed by atoms with E-state index in [0.717, 1.165) is 31.2 Å². The number of amides is 1. The van der Waals surface area contributed by atoms with Gasteiger partial charge in [0.15, 0.2) is 9.84 Å². The van der Waals surface area contributed by atoms with E-state index in [-0.39, 0.29) is 10.8 Å². The molecule has 2 N–H and O–H groups in total. The van der Waals surface area contributed by atoms with Crippen LogP contribution in [0.3, 0.4) is 0 Å². The number of hydrogen-bond acceptors (Lipinski definition) is 4. The third kappa shape index (κ3) is 3.63. The zero-order valence-electron chi connectivity index (χ0n) is 12.7. The third-order valence-electron chi connectivity index (χ3n) is 4.03. The smallest absolute Gasteiger partial charge is 0.231 e. The number of nitrogens with one attached hydrogen (secondary N) is 2.